The van der Waals surface area contributed by atoms with Crippen LogP contribution in [0.2, 0.25) is 0 Å². The molecule has 0 aliphatic carbocycles. The van der Waals surface area contributed by atoms with Gasteiger partial charge in [0.25, 0.3) is 0 Å². The molecule has 6 heteroatoms. The Morgan fingerprint density at radius 2 is 1.67 bits per heavy atom. The van der Waals surface area contributed by atoms with E-state index in [1.807, 2.05) is 0 Å². The van der Waals surface area contributed by atoms with Gasteiger partial charge in [-0.3, -0.25) is 9.59 Å². The van der Waals surface area contributed by atoms with Crippen molar-refractivity contribution in [2.24, 2.45) is 5.92 Å². The summed E-state index contributed by atoms with van der Waals surface area (Å²) in [6.07, 6.45) is 2.68. The fourth-order valence-corrected chi connectivity index (χ4v) is 1.92. The van der Waals surface area contributed by atoms with Crippen LogP contribution in [0.5, 0.6) is 0 Å². The Morgan fingerprint density at radius 1 is 1.11 bits per heavy atom. The van der Waals surface area contributed by atoms with Gasteiger partial charge in [0, 0.05) is 27.6 Å². The number of halogens is 1. The Bertz CT molecular complexity index is 278. The fourth-order valence-electron chi connectivity index (χ4n) is 1.92. The smallest absolute Gasteiger partial charge is 0.241 e. The topological polar surface area (TPSA) is 52.7 Å². The van der Waals surface area contributed by atoms with Gasteiger partial charge in [-0.25, -0.2) is 0 Å². The lowest BCUT2D eigenvalue weighted by Crippen LogP contribution is -2.39. The van der Waals surface area contributed by atoms with Crippen molar-refractivity contribution in [3.63, 3.8) is 0 Å². The molecule has 1 saturated heterocycles. The third kappa shape index (κ3) is 5.69. The van der Waals surface area contributed by atoms with E-state index in [0.717, 1.165) is 25.9 Å². The van der Waals surface area contributed by atoms with E-state index < -0.39 is 0 Å². The molecular weight excluding hydrogens is 254 g/mol. The zero-order valence-corrected chi connectivity index (χ0v) is 12.3. The number of carbonyl (C=O) groups is 2. The van der Waals surface area contributed by atoms with Crippen molar-refractivity contribution in [3.8, 4) is 0 Å². The van der Waals surface area contributed by atoms with E-state index >= 15 is 0 Å². The lowest BCUT2D eigenvalue weighted by atomic mass is 9.94. The Labute approximate surface area is 115 Å². The first-order chi connectivity index (χ1) is 8.00. The van der Waals surface area contributed by atoms with Crippen LogP contribution in [0.1, 0.15) is 19.3 Å². The van der Waals surface area contributed by atoms with Crippen LogP contribution in [-0.2, 0) is 9.59 Å². The number of carbonyl (C=O) groups excluding carboxylic acids is 2. The van der Waals surface area contributed by atoms with Gasteiger partial charge in [-0.1, -0.05) is 0 Å². The van der Waals surface area contributed by atoms with Crippen LogP contribution in [-0.4, -0.2) is 62.4 Å². The van der Waals surface area contributed by atoms with Crippen LogP contribution < -0.4 is 5.32 Å². The van der Waals surface area contributed by atoms with Gasteiger partial charge in [-0.2, -0.15) is 0 Å². The number of likely N-dealkylation sites (N-methyl/N-ethyl adjacent to an activating group) is 2. The zero-order chi connectivity index (χ0) is 12.8. The third-order valence-electron chi connectivity index (χ3n) is 3.22. The second-order valence-electron chi connectivity index (χ2n) is 4.94. The fraction of sp³-hybridized carbons (Fsp3) is 0.833. The summed E-state index contributed by atoms with van der Waals surface area (Å²) in [7, 11) is 5.10. The Morgan fingerprint density at radius 3 is 2.17 bits per heavy atom. The number of hydrogen-bond donors (Lipinski definition) is 1. The lowest BCUT2D eigenvalue weighted by molar-refractivity contribution is -0.138. The van der Waals surface area contributed by atoms with Crippen molar-refractivity contribution in [1.29, 1.82) is 0 Å². The average molecular weight is 278 g/mol. The number of nitrogens with one attached hydrogen (secondary N) is 1. The first-order valence-corrected chi connectivity index (χ1v) is 6.15. The molecule has 0 atom stereocenters. The summed E-state index contributed by atoms with van der Waals surface area (Å²) in [5, 5.41) is 3.28. The van der Waals surface area contributed by atoms with Gasteiger partial charge < -0.3 is 15.1 Å². The molecule has 2 amide bonds. The highest BCUT2D eigenvalue weighted by atomic mass is 35.5. The number of rotatable bonds is 4. The summed E-state index contributed by atoms with van der Waals surface area (Å²) in [6, 6.07) is 0. The predicted molar refractivity (Wildman–Crippen MR) is 73.8 cm³/mol. The molecule has 106 valence electrons. The Kier molecular flexibility index (Phi) is 7.95. The summed E-state index contributed by atoms with van der Waals surface area (Å²) in [5.74, 6) is 0.513. The van der Waals surface area contributed by atoms with Gasteiger partial charge in [-0.05, 0) is 31.8 Å². The van der Waals surface area contributed by atoms with Crippen molar-refractivity contribution < 1.29 is 9.59 Å². The molecule has 0 aromatic rings. The largest absolute Gasteiger partial charge is 0.347 e. The highest BCUT2D eigenvalue weighted by Crippen LogP contribution is 2.16. The molecule has 1 fully saturated rings. The van der Waals surface area contributed by atoms with Gasteiger partial charge in [0.1, 0.15) is 0 Å². The molecule has 0 saturated carbocycles. The number of hydrogen-bond acceptors (Lipinski definition) is 3. The van der Waals surface area contributed by atoms with E-state index in [1.54, 1.807) is 21.1 Å². The molecule has 0 bridgehead atoms. The maximum Gasteiger partial charge on any atom is 0.241 e. The third-order valence-corrected chi connectivity index (χ3v) is 3.22. The van der Waals surface area contributed by atoms with Crippen LogP contribution >= 0.6 is 12.4 Å². The summed E-state index contributed by atoms with van der Waals surface area (Å²) in [5.41, 5.74) is 0. The SMILES string of the molecule is CN(C)C(=O)CN(C)C(=O)CC1CCNCC1.Cl. The predicted octanol–water partition coefficient (Wildman–Crippen LogP) is 0.344. The molecule has 0 aromatic heterocycles. The zero-order valence-electron chi connectivity index (χ0n) is 11.4. The summed E-state index contributed by atoms with van der Waals surface area (Å²) in [4.78, 5) is 26.4. The maximum absolute atomic E-state index is 11.9. The van der Waals surface area contributed by atoms with Gasteiger partial charge in [0.05, 0.1) is 6.54 Å². The van der Waals surface area contributed by atoms with Crippen molar-refractivity contribution in [1.82, 2.24) is 15.1 Å². The Hall–Kier alpha value is -0.810. The number of amides is 2. The second-order valence-corrected chi connectivity index (χ2v) is 4.94. The van der Waals surface area contributed by atoms with Crippen LogP contribution in [0.25, 0.3) is 0 Å². The summed E-state index contributed by atoms with van der Waals surface area (Å²) >= 11 is 0. The van der Waals surface area contributed by atoms with Gasteiger partial charge >= 0.3 is 0 Å². The molecule has 1 N–H and O–H groups in total. The molecule has 5 nitrogen and oxygen atoms in total. The normalized spacial score (nSPS) is 15.7. The van der Waals surface area contributed by atoms with Gasteiger partial charge in [-0.15, -0.1) is 12.4 Å². The van der Waals surface area contributed by atoms with Crippen LogP contribution in [0, 0.1) is 5.92 Å². The second kappa shape index (κ2) is 8.32. The first kappa shape index (κ1) is 17.2. The molecule has 1 rings (SSSR count). The van der Waals surface area contributed by atoms with Gasteiger partial charge in [0.2, 0.25) is 11.8 Å². The summed E-state index contributed by atoms with van der Waals surface area (Å²) < 4.78 is 0. The Balaban J connectivity index is 0.00000289. The molecule has 0 spiro atoms. The summed E-state index contributed by atoms with van der Waals surface area (Å²) in [6.45, 7) is 2.17. The first-order valence-electron chi connectivity index (χ1n) is 6.15. The number of piperidine rings is 1. The van der Waals surface area contributed by atoms with E-state index in [9.17, 15) is 9.59 Å². The molecule has 0 radical (unpaired) electrons. The minimum Gasteiger partial charge on any atom is -0.347 e. The molecule has 1 aliphatic heterocycles. The standard InChI is InChI=1S/C12H23N3O2.ClH/c1-14(2)12(17)9-15(3)11(16)8-10-4-6-13-7-5-10;/h10,13H,4-9H2,1-3H3;1H. The van der Waals surface area contributed by atoms with E-state index in [-0.39, 0.29) is 30.8 Å². The molecule has 18 heavy (non-hydrogen) atoms. The van der Waals surface area contributed by atoms with E-state index in [2.05, 4.69) is 5.32 Å². The van der Waals surface area contributed by atoms with E-state index in [4.69, 9.17) is 0 Å². The maximum atomic E-state index is 11.9. The molecule has 0 unspecified atom stereocenters. The van der Waals surface area contributed by atoms with E-state index in [1.165, 1.54) is 9.80 Å². The van der Waals surface area contributed by atoms with Crippen molar-refractivity contribution in [3.05, 3.63) is 0 Å². The number of nitrogens with zero attached hydrogens (tertiary/aromatic N) is 2. The van der Waals surface area contributed by atoms with E-state index in [0.29, 0.717) is 12.3 Å². The highest BCUT2D eigenvalue weighted by Gasteiger charge is 2.20. The molecule has 1 heterocycles. The molecule has 1 aliphatic rings. The highest BCUT2D eigenvalue weighted by molar-refractivity contribution is 5.85. The van der Waals surface area contributed by atoms with Crippen molar-refractivity contribution in [2.45, 2.75) is 19.3 Å². The quantitative estimate of drug-likeness (QED) is 0.807. The van der Waals surface area contributed by atoms with Crippen LogP contribution in [0.15, 0.2) is 0 Å². The minimum atomic E-state index is -0.0360. The lowest BCUT2D eigenvalue weighted by Gasteiger charge is -2.25. The van der Waals surface area contributed by atoms with Crippen molar-refractivity contribution in [2.75, 3.05) is 40.8 Å². The monoisotopic (exact) mass is 277 g/mol. The van der Waals surface area contributed by atoms with Crippen LogP contribution in [0.4, 0.5) is 0 Å². The minimum absolute atomic E-state index is 0. The van der Waals surface area contributed by atoms with Gasteiger partial charge in [0.15, 0.2) is 0 Å². The molecular formula is C12H24ClN3O2. The average Bonchev–Trinajstić information content (AvgIpc) is 2.29. The van der Waals surface area contributed by atoms with Crippen LogP contribution in [0.3, 0.4) is 0 Å². The molecule has 0 aromatic carbocycles. The van der Waals surface area contributed by atoms with Crippen molar-refractivity contribution >= 4 is 24.2 Å².